The van der Waals surface area contributed by atoms with E-state index in [0.717, 1.165) is 25.7 Å². The van der Waals surface area contributed by atoms with Crippen LogP contribution in [0.1, 0.15) is 37.7 Å². The van der Waals surface area contributed by atoms with Crippen molar-refractivity contribution in [2.75, 3.05) is 6.54 Å². The fourth-order valence-corrected chi connectivity index (χ4v) is 2.83. The molecule has 2 amide bonds. The number of carbonyl (C=O) groups excluding carboxylic acids is 2. The second-order valence-corrected chi connectivity index (χ2v) is 5.98. The van der Waals surface area contributed by atoms with Gasteiger partial charge >= 0.3 is 11.8 Å². The molecule has 1 atom stereocenters. The molecule has 0 heterocycles. The summed E-state index contributed by atoms with van der Waals surface area (Å²) in [6.07, 6.45) is 4.73. The van der Waals surface area contributed by atoms with Crippen LogP contribution in [0.5, 0.6) is 0 Å². The number of aliphatic hydroxyl groups is 1. The summed E-state index contributed by atoms with van der Waals surface area (Å²) < 4.78 is 12.8. The van der Waals surface area contributed by atoms with Gasteiger partial charge in [-0.05, 0) is 36.5 Å². The summed E-state index contributed by atoms with van der Waals surface area (Å²) in [7, 11) is 0. The van der Waals surface area contributed by atoms with Gasteiger partial charge in [0.1, 0.15) is 5.82 Å². The van der Waals surface area contributed by atoms with Gasteiger partial charge < -0.3 is 15.7 Å². The van der Waals surface area contributed by atoms with Crippen LogP contribution in [0.3, 0.4) is 0 Å². The largest absolute Gasteiger partial charge is 0.391 e. The van der Waals surface area contributed by atoms with Crippen LogP contribution in [0.25, 0.3) is 0 Å². The van der Waals surface area contributed by atoms with Crippen molar-refractivity contribution in [3.05, 3.63) is 35.6 Å². The fraction of sp³-hybridized carbons (Fsp3) is 0.529. The molecule has 1 fully saturated rings. The van der Waals surface area contributed by atoms with E-state index in [1.54, 1.807) is 12.1 Å². The van der Waals surface area contributed by atoms with Crippen molar-refractivity contribution in [3.63, 3.8) is 0 Å². The number of hydrogen-bond donors (Lipinski definition) is 3. The van der Waals surface area contributed by atoms with E-state index in [2.05, 4.69) is 10.6 Å². The quantitative estimate of drug-likeness (QED) is 0.719. The van der Waals surface area contributed by atoms with E-state index in [4.69, 9.17) is 0 Å². The molecular weight excluding hydrogens is 299 g/mol. The van der Waals surface area contributed by atoms with E-state index >= 15 is 0 Å². The molecule has 3 N–H and O–H groups in total. The van der Waals surface area contributed by atoms with Gasteiger partial charge in [0.15, 0.2) is 0 Å². The zero-order valence-electron chi connectivity index (χ0n) is 13.1. The number of carbonyl (C=O) groups is 2. The third-order valence-electron chi connectivity index (χ3n) is 4.24. The number of nitrogens with one attached hydrogen (secondary N) is 2. The van der Waals surface area contributed by atoms with Crippen molar-refractivity contribution in [2.45, 2.75) is 44.8 Å². The number of benzene rings is 1. The van der Waals surface area contributed by atoms with Crippen LogP contribution in [0.15, 0.2) is 24.3 Å². The molecule has 1 aliphatic carbocycles. The van der Waals surface area contributed by atoms with Crippen LogP contribution in [-0.2, 0) is 16.1 Å². The second kappa shape index (κ2) is 8.62. The number of rotatable bonds is 5. The van der Waals surface area contributed by atoms with Gasteiger partial charge in [-0.1, -0.05) is 31.4 Å². The standard InChI is InChI=1S/C17H23FN2O3/c18-14-8-6-12(7-9-14)10-19-16(22)17(23)20-11-15(21)13-4-2-1-3-5-13/h6-9,13,15,21H,1-5,10-11H2,(H,19,22)(H,20,23)/t15-/m0/s1. The number of halogens is 1. The molecule has 1 saturated carbocycles. The lowest BCUT2D eigenvalue weighted by atomic mass is 9.85. The number of hydrogen-bond acceptors (Lipinski definition) is 3. The second-order valence-electron chi connectivity index (χ2n) is 5.98. The van der Waals surface area contributed by atoms with Crippen molar-refractivity contribution in [1.29, 1.82) is 0 Å². The normalized spacial score (nSPS) is 16.6. The van der Waals surface area contributed by atoms with Crippen LogP contribution in [0.4, 0.5) is 4.39 Å². The molecule has 126 valence electrons. The molecule has 5 nitrogen and oxygen atoms in total. The molecule has 0 unspecified atom stereocenters. The van der Waals surface area contributed by atoms with Crippen molar-refractivity contribution in [2.24, 2.45) is 5.92 Å². The predicted octanol–water partition coefficient (Wildman–Crippen LogP) is 1.50. The molecular formula is C17H23FN2O3. The van der Waals surface area contributed by atoms with E-state index in [9.17, 15) is 19.1 Å². The maximum absolute atomic E-state index is 12.8. The summed E-state index contributed by atoms with van der Waals surface area (Å²) in [6.45, 7) is 0.241. The lowest BCUT2D eigenvalue weighted by molar-refractivity contribution is -0.139. The highest BCUT2D eigenvalue weighted by Crippen LogP contribution is 2.26. The molecule has 0 aromatic heterocycles. The number of aliphatic hydroxyl groups excluding tert-OH is 1. The van der Waals surface area contributed by atoms with Crippen molar-refractivity contribution in [1.82, 2.24) is 10.6 Å². The summed E-state index contributed by atoms with van der Waals surface area (Å²) in [5, 5.41) is 15.0. The first-order chi connectivity index (χ1) is 11.1. The van der Waals surface area contributed by atoms with Gasteiger partial charge in [-0.2, -0.15) is 0 Å². The minimum atomic E-state index is -0.762. The van der Waals surface area contributed by atoms with Crippen LogP contribution >= 0.6 is 0 Å². The zero-order valence-corrected chi connectivity index (χ0v) is 13.1. The van der Waals surface area contributed by atoms with E-state index in [-0.39, 0.29) is 24.8 Å². The Morgan fingerprint density at radius 1 is 1.09 bits per heavy atom. The highest BCUT2D eigenvalue weighted by molar-refractivity contribution is 6.35. The maximum atomic E-state index is 12.8. The van der Waals surface area contributed by atoms with Gasteiger partial charge in [-0.15, -0.1) is 0 Å². The Morgan fingerprint density at radius 3 is 2.35 bits per heavy atom. The molecule has 23 heavy (non-hydrogen) atoms. The average molecular weight is 322 g/mol. The molecule has 1 aromatic carbocycles. The molecule has 1 aliphatic rings. The summed E-state index contributed by atoms with van der Waals surface area (Å²) in [6, 6.07) is 5.67. The third kappa shape index (κ3) is 5.63. The van der Waals surface area contributed by atoms with E-state index in [1.807, 2.05) is 0 Å². The molecule has 6 heteroatoms. The Bertz CT molecular complexity index is 527. The van der Waals surface area contributed by atoms with Gasteiger partial charge in [-0.25, -0.2) is 4.39 Å². The van der Waals surface area contributed by atoms with Gasteiger partial charge in [0.2, 0.25) is 0 Å². The zero-order chi connectivity index (χ0) is 16.7. The van der Waals surface area contributed by atoms with Crippen LogP contribution < -0.4 is 10.6 Å². The van der Waals surface area contributed by atoms with E-state index < -0.39 is 17.9 Å². The van der Waals surface area contributed by atoms with Gasteiger partial charge in [0.05, 0.1) is 6.10 Å². The van der Waals surface area contributed by atoms with Gasteiger partial charge in [0.25, 0.3) is 0 Å². The van der Waals surface area contributed by atoms with Crippen LogP contribution in [-0.4, -0.2) is 29.6 Å². The molecule has 2 rings (SSSR count). The molecule has 1 aromatic rings. The Balaban J connectivity index is 1.69. The maximum Gasteiger partial charge on any atom is 0.309 e. The fourth-order valence-electron chi connectivity index (χ4n) is 2.83. The minimum absolute atomic E-state index is 0.0907. The Kier molecular flexibility index (Phi) is 6.52. The summed E-state index contributed by atoms with van der Waals surface area (Å²) in [4.78, 5) is 23.4. The smallest absolute Gasteiger partial charge is 0.309 e. The average Bonchev–Trinajstić information content (AvgIpc) is 2.59. The van der Waals surface area contributed by atoms with Gasteiger partial charge in [-0.3, -0.25) is 9.59 Å². The first kappa shape index (κ1) is 17.4. The Hall–Kier alpha value is -1.95. The highest BCUT2D eigenvalue weighted by atomic mass is 19.1. The first-order valence-corrected chi connectivity index (χ1v) is 8.05. The number of amides is 2. The molecule has 0 spiro atoms. The van der Waals surface area contributed by atoms with Crippen molar-refractivity contribution < 1.29 is 19.1 Å². The minimum Gasteiger partial charge on any atom is -0.391 e. The highest BCUT2D eigenvalue weighted by Gasteiger charge is 2.23. The van der Waals surface area contributed by atoms with Gasteiger partial charge in [0, 0.05) is 13.1 Å². The monoisotopic (exact) mass is 322 g/mol. The van der Waals surface area contributed by atoms with Crippen molar-refractivity contribution >= 4 is 11.8 Å². The summed E-state index contributed by atoms with van der Waals surface area (Å²) in [5.74, 6) is -1.67. The van der Waals surface area contributed by atoms with Crippen molar-refractivity contribution in [3.8, 4) is 0 Å². The first-order valence-electron chi connectivity index (χ1n) is 8.05. The summed E-state index contributed by atoms with van der Waals surface area (Å²) >= 11 is 0. The van der Waals surface area contributed by atoms with E-state index in [1.165, 1.54) is 18.6 Å². The Labute approximate surface area is 135 Å². The molecule has 0 aliphatic heterocycles. The lowest BCUT2D eigenvalue weighted by Crippen LogP contribution is -2.44. The topological polar surface area (TPSA) is 78.4 Å². The SMILES string of the molecule is O=C(NCc1ccc(F)cc1)C(=O)NC[C@H](O)C1CCCCC1. The molecule has 0 radical (unpaired) electrons. The van der Waals surface area contributed by atoms with E-state index in [0.29, 0.717) is 5.56 Å². The lowest BCUT2D eigenvalue weighted by Gasteiger charge is -2.26. The summed E-state index contributed by atoms with van der Waals surface area (Å²) in [5.41, 5.74) is 0.704. The van der Waals surface area contributed by atoms with Crippen LogP contribution in [0.2, 0.25) is 0 Å². The Morgan fingerprint density at radius 2 is 1.70 bits per heavy atom. The van der Waals surface area contributed by atoms with Crippen LogP contribution in [0, 0.1) is 11.7 Å². The molecule has 0 bridgehead atoms. The predicted molar refractivity (Wildman–Crippen MR) is 83.8 cm³/mol. The third-order valence-corrected chi connectivity index (χ3v) is 4.24. The molecule has 0 saturated heterocycles.